The lowest BCUT2D eigenvalue weighted by Crippen LogP contribution is -2.24. The number of hydrogen-bond donors (Lipinski definition) is 0. The SMILES string of the molecule is BrCCN(Cc1ccccc1)Cc1cncs1. The minimum Gasteiger partial charge on any atom is -0.293 e. The van der Waals surface area contributed by atoms with Gasteiger partial charge in [-0.25, -0.2) is 0 Å². The van der Waals surface area contributed by atoms with Crippen LogP contribution in [0.5, 0.6) is 0 Å². The number of nitrogens with zero attached hydrogens (tertiary/aromatic N) is 2. The topological polar surface area (TPSA) is 16.1 Å². The molecule has 0 saturated heterocycles. The van der Waals surface area contributed by atoms with E-state index in [9.17, 15) is 0 Å². The van der Waals surface area contributed by atoms with Gasteiger partial charge in [0.05, 0.1) is 5.51 Å². The van der Waals surface area contributed by atoms with E-state index in [1.54, 1.807) is 11.3 Å². The molecule has 2 nitrogen and oxygen atoms in total. The van der Waals surface area contributed by atoms with E-state index in [-0.39, 0.29) is 0 Å². The molecule has 0 unspecified atom stereocenters. The normalized spacial score (nSPS) is 10.9. The molecule has 1 aromatic carbocycles. The van der Waals surface area contributed by atoms with Crippen LogP contribution in [0.4, 0.5) is 0 Å². The summed E-state index contributed by atoms with van der Waals surface area (Å²) in [5.41, 5.74) is 3.25. The molecule has 0 spiro atoms. The van der Waals surface area contributed by atoms with Crippen LogP contribution in [0.25, 0.3) is 0 Å². The van der Waals surface area contributed by atoms with E-state index in [0.717, 1.165) is 25.0 Å². The van der Waals surface area contributed by atoms with Crippen LogP contribution in [0.15, 0.2) is 42.0 Å². The third kappa shape index (κ3) is 4.22. The number of benzene rings is 1. The quantitative estimate of drug-likeness (QED) is 0.759. The Bertz CT molecular complexity index is 416. The fraction of sp³-hybridized carbons (Fsp3) is 0.308. The monoisotopic (exact) mass is 310 g/mol. The third-order valence-corrected chi connectivity index (χ3v) is 3.63. The lowest BCUT2D eigenvalue weighted by molar-refractivity contribution is 0.277. The van der Waals surface area contributed by atoms with Crippen LogP contribution in [0.3, 0.4) is 0 Å². The Balaban J connectivity index is 1.97. The number of aromatic nitrogens is 1. The van der Waals surface area contributed by atoms with Gasteiger partial charge in [0.15, 0.2) is 0 Å². The van der Waals surface area contributed by atoms with E-state index < -0.39 is 0 Å². The predicted octanol–water partition coefficient (Wildman–Crippen LogP) is 3.54. The highest BCUT2D eigenvalue weighted by molar-refractivity contribution is 9.09. The van der Waals surface area contributed by atoms with Gasteiger partial charge in [0.25, 0.3) is 0 Å². The minimum atomic E-state index is 0.977. The van der Waals surface area contributed by atoms with E-state index in [0.29, 0.717) is 0 Å². The maximum absolute atomic E-state index is 4.12. The van der Waals surface area contributed by atoms with Crippen molar-refractivity contribution in [1.82, 2.24) is 9.88 Å². The highest BCUT2D eigenvalue weighted by Gasteiger charge is 2.07. The molecule has 0 aliphatic heterocycles. The number of rotatable bonds is 6. The van der Waals surface area contributed by atoms with E-state index >= 15 is 0 Å². The molecule has 0 radical (unpaired) electrons. The predicted molar refractivity (Wildman–Crippen MR) is 76.5 cm³/mol. The first kappa shape index (κ1) is 12.7. The van der Waals surface area contributed by atoms with Gasteiger partial charge in [-0.2, -0.15) is 0 Å². The van der Waals surface area contributed by atoms with E-state index in [4.69, 9.17) is 0 Å². The lowest BCUT2D eigenvalue weighted by atomic mass is 10.2. The summed E-state index contributed by atoms with van der Waals surface area (Å²) in [4.78, 5) is 7.87. The third-order valence-electron chi connectivity index (χ3n) is 2.51. The summed E-state index contributed by atoms with van der Waals surface area (Å²) in [7, 11) is 0. The molecule has 0 amide bonds. The molecule has 1 aromatic heterocycles. The molecule has 0 bridgehead atoms. The molecule has 0 aliphatic carbocycles. The second kappa shape index (κ2) is 6.89. The Kier molecular flexibility index (Phi) is 5.16. The summed E-state index contributed by atoms with van der Waals surface area (Å²) < 4.78 is 0. The average Bonchev–Trinajstić information content (AvgIpc) is 2.83. The van der Waals surface area contributed by atoms with Crippen LogP contribution in [-0.4, -0.2) is 21.8 Å². The van der Waals surface area contributed by atoms with E-state index in [1.165, 1.54) is 10.4 Å². The van der Waals surface area contributed by atoms with Gasteiger partial charge >= 0.3 is 0 Å². The van der Waals surface area contributed by atoms with Crippen molar-refractivity contribution in [1.29, 1.82) is 0 Å². The molecule has 1 heterocycles. The van der Waals surface area contributed by atoms with E-state index in [2.05, 4.69) is 56.1 Å². The summed E-state index contributed by atoms with van der Waals surface area (Å²) in [6.07, 6.45) is 1.96. The number of halogens is 1. The van der Waals surface area contributed by atoms with Gasteiger partial charge in [0, 0.05) is 36.0 Å². The summed E-state index contributed by atoms with van der Waals surface area (Å²) >= 11 is 5.23. The van der Waals surface area contributed by atoms with Crippen molar-refractivity contribution in [3.8, 4) is 0 Å². The molecule has 17 heavy (non-hydrogen) atoms. The van der Waals surface area contributed by atoms with Crippen LogP contribution >= 0.6 is 27.3 Å². The maximum atomic E-state index is 4.12. The van der Waals surface area contributed by atoms with Crippen molar-refractivity contribution in [2.75, 3.05) is 11.9 Å². The van der Waals surface area contributed by atoms with Gasteiger partial charge in [-0.15, -0.1) is 11.3 Å². The first-order valence-electron chi connectivity index (χ1n) is 5.58. The van der Waals surface area contributed by atoms with Crippen LogP contribution in [0, 0.1) is 0 Å². The van der Waals surface area contributed by atoms with Gasteiger partial charge in [0.2, 0.25) is 0 Å². The molecule has 0 N–H and O–H groups in total. The molecule has 2 rings (SSSR count). The fourth-order valence-electron chi connectivity index (χ4n) is 1.72. The zero-order valence-electron chi connectivity index (χ0n) is 9.55. The Hall–Kier alpha value is -0.710. The number of thiazole rings is 1. The minimum absolute atomic E-state index is 0.977. The van der Waals surface area contributed by atoms with Crippen LogP contribution in [0.2, 0.25) is 0 Å². The Morgan fingerprint density at radius 2 is 2.00 bits per heavy atom. The lowest BCUT2D eigenvalue weighted by Gasteiger charge is -2.20. The van der Waals surface area contributed by atoms with Gasteiger partial charge in [-0.3, -0.25) is 9.88 Å². The van der Waals surface area contributed by atoms with Crippen LogP contribution < -0.4 is 0 Å². The summed E-state index contributed by atoms with van der Waals surface area (Å²) in [6, 6.07) is 10.6. The summed E-state index contributed by atoms with van der Waals surface area (Å²) in [5, 5.41) is 0.999. The second-order valence-corrected chi connectivity index (χ2v) is 5.62. The van der Waals surface area contributed by atoms with Gasteiger partial charge in [-0.1, -0.05) is 46.3 Å². The fourth-order valence-corrected chi connectivity index (χ4v) is 2.85. The summed E-state index contributed by atoms with van der Waals surface area (Å²) in [5.74, 6) is 0. The molecule has 4 heteroatoms. The van der Waals surface area contributed by atoms with Crippen molar-refractivity contribution in [2.45, 2.75) is 13.1 Å². The van der Waals surface area contributed by atoms with Crippen molar-refractivity contribution < 1.29 is 0 Å². The Morgan fingerprint density at radius 1 is 1.18 bits per heavy atom. The van der Waals surface area contributed by atoms with Crippen LogP contribution in [0.1, 0.15) is 10.4 Å². The van der Waals surface area contributed by atoms with E-state index in [1.807, 2.05) is 11.7 Å². The highest BCUT2D eigenvalue weighted by Crippen LogP contribution is 2.13. The van der Waals surface area contributed by atoms with Gasteiger partial charge in [-0.05, 0) is 5.56 Å². The number of hydrogen-bond acceptors (Lipinski definition) is 3. The average molecular weight is 311 g/mol. The first-order valence-corrected chi connectivity index (χ1v) is 7.58. The Morgan fingerprint density at radius 3 is 2.65 bits per heavy atom. The first-order chi connectivity index (χ1) is 8.38. The van der Waals surface area contributed by atoms with Crippen molar-refractivity contribution in [3.05, 3.63) is 52.5 Å². The van der Waals surface area contributed by atoms with Crippen molar-refractivity contribution in [2.24, 2.45) is 0 Å². The molecule has 2 aromatic rings. The zero-order valence-corrected chi connectivity index (χ0v) is 12.0. The Labute approximate surface area is 114 Å². The molecule has 0 saturated carbocycles. The van der Waals surface area contributed by atoms with Crippen molar-refractivity contribution >= 4 is 27.3 Å². The molecular weight excluding hydrogens is 296 g/mol. The van der Waals surface area contributed by atoms with Gasteiger partial charge < -0.3 is 0 Å². The van der Waals surface area contributed by atoms with Crippen LogP contribution in [-0.2, 0) is 13.1 Å². The standard InChI is InChI=1S/C13H15BrN2S/c14-6-7-16(10-13-8-15-11-17-13)9-12-4-2-1-3-5-12/h1-5,8,11H,6-7,9-10H2. The maximum Gasteiger partial charge on any atom is 0.0794 e. The molecular formula is C13H15BrN2S. The molecule has 0 aliphatic rings. The zero-order chi connectivity index (χ0) is 11.9. The largest absolute Gasteiger partial charge is 0.293 e. The smallest absolute Gasteiger partial charge is 0.0794 e. The van der Waals surface area contributed by atoms with Crippen molar-refractivity contribution in [3.63, 3.8) is 0 Å². The van der Waals surface area contributed by atoms with Gasteiger partial charge in [0.1, 0.15) is 0 Å². The molecule has 0 fully saturated rings. The molecule has 0 atom stereocenters. The number of alkyl halides is 1. The highest BCUT2D eigenvalue weighted by atomic mass is 79.9. The second-order valence-electron chi connectivity index (χ2n) is 3.85. The molecule has 90 valence electrons. The summed E-state index contributed by atoms with van der Waals surface area (Å²) in [6.45, 7) is 3.02.